The fraction of sp³-hybridized carbons (Fsp3) is 0.182. The van der Waals surface area contributed by atoms with Gasteiger partial charge < -0.3 is 4.98 Å². The lowest BCUT2D eigenvalue weighted by atomic mass is 10.3. The quantitative estimate of drug-likeness (QED) is 0.805. The molecule has 2 rings (SSSR count). The number of hydrogen-bond donors (Lipinski definition) is 1. The maximum atomic E-state index is 6.12. The monoisotopic (exact) mass is 221 g/mol. The van der Waals surface area contributed by atoms with E-state index >= 15 is 0 Å². The van der Waals surface area contributed by atoms with Crippen molar-refractivity contribution in [2.24, 2.45) is 0 Å². The molecule has 0 aliphatic heterocycles. The Balaban J connectivity index is 1.90. The first kappa shape index (κ1) is 10.1. The number of anilines is 1. The summed E-state index contributed by atoms with van der Waals surface area (Å²) in [5.74, 6) is 0. The average Bonchev–Trinajstić information content (AvgIpc) is 2.80. The molecule has 4 heteroatoms. The van der Waals surface area contributed by atoms with E-state index in [9.17, 15) is 0 Å². The number of imidazole rings is 1. The largest absolute Gasteiger partial charge is 0.348 e. The van der Waals surface area contributed by atoms with E-state index < -0.39 is 0 Å². The molecule has 0 radical (unpaired) electrons. The Morgan fingerprint density at radius 3 is 2.73 bits per heavy atom. The highest BCUT2D eigenvalue weighted by molar-refractivity contribution is 6.25. The Morgan fingerprint density at radius 1 is 1.27 bits per heavy atom. The summed E-state index contributed by atoms with van der Waals surface area (Å²) in [5, 5.41) is 0. The van der Waals surface area contributed by atoms with Crippen molar-refractivity contribution in [1.29, 1.82) is 0 Å². The fourth-order valence-electron chi connectivity index (χ4n) is 1.36. The molecule has 3 nitrogen and oxygen atoms in total. The predicted molar refractivity (Wildman–Crippen MR) is 61.9 cm³/mol. The van der Waals surface area contributed by atoms with Crippen LogP contribution in [0.1, 0.15) is 5.69 Å². The molecule has 1 aromatic carbocycles. The summed E-state index contributed by atoms with van der Waals surface area (Å²) >= 11 is 6.12. The smallest absolute Gasteiger partial charge is 0.0921 e. The van der Waals surface area contributed by atoms with Crippen molar-refractivity contribution in [1.82, 2.24) is 9.97 Å². The summed E-state index contributed by atoms with van der Waals surface area (Å²) in [6, 6.07) is 9.89. The zero-order valence-electron chi connectivity index (χ0n) is 8.23. The van der Waals surface area contributed by atoms with Gasteiger partial charge in [-0.05, 0) is 12.1 Å². The van der Waals surface area contributed by atoms with Gasteiger partial charge in [0.15, 0.2) is 0 Å². The molecule has 0 aliphatic carbocycles. The zero-order valence-corrected chi connectivity index (χ0v) is 8.98. The molecule has 0 aliphatic rings. The van der Waals surface area contributed by atoms with Crippen molar-refractivity contribution in [2.75, 3.05) is 11.0 Å². The molecular formula is C11H12ClN3. The molecule has 0 amide bonds. The standard InChI is InChI=1S/C11H12ClN3/c12-15(11-4-2-1-3-5-11)7-6-10-8-13-9-14-10/h1-5,8-9H,6-7H2,(H,13,14). The summed E-state index contributed by atoms with van der Waals surface area (Å²) in [5.41, 5.74) is 2.11. The van der Waals surface area contributed by atoms with Crippen molar-refractivity contribution < 1.29 is 0 Å². The lowest BCUT2D eigenvalue weighted by Gasteiger charge is -2.14. The van der Waals surface area contributed by atoms with Crippen molar-refractivity contribution in [2.45, 2.75) is 6.42 Å². The number of aromatic nitrogens is 2. The summed E-state index contributed by atoms with van der Waals surface area (Å²) < 4.78 is 1.71. The van der Waals surface area contributed by atoms with Gasteiger partial charge in [0, 0.05) is 36.6 Å². The fourth-order valence-corrected chi connectivity index (χ4v) is 1.56. The van der Waals surface area contributed by atoms with Gasteiger partial charge in [0.1, 0.15) is 0 Å². The Bertz CT molecular complexity index is 385. The van der Waals surface area contributed by atoms with Crippen molar-refractivity contribution in [3.63, 3.8) is 0 Å². The normalized spacial score (nSPS) is 10.2. The third kappa shape index (κ3) is 2.73. The first-order valence-corrected chi connectivity index (χ1v) is 5.15. The summed E-state index contributed by atoms with van der Waals surface area (Å²) in [4.78, 5) is 7.00. The van der Waals surface area contributed by atoms with Crippen LogP contribution in [0.2, 0.25) is 0 Å². The molecule has 15 heavy (non-hydrogen) atoms. The molecule has 0 saturated heterocycles. The molecule has 1 N–H and O–H groups in total. The molecule has 1 heterocycles. The average molecular weight is 222 g/mol. The van der Waals surface area contributed by atoms with Crippen LogP contribution in [0.15, 0.2) is 42.9 Å². The third-order valence-electron chi connectivity index (χ3n) is 2.17. The van der Waals surface area contributed by atoms with E-state index in [0.717, 1.165) is 24.3 Å². The van der Waals surface area contributed by atoms with Crippen molar-refractivity contribution in [3.8, 4) is 0 Å². The van der Waals surface area contributed by atoms with Crippen LogP contribution in [0.3, 0.4) is 0 Å². The topological polar surface area (TPSA) is 31.9 Å². The summed E-state index contributed by atoms with van der Waals surface area (Å²) in [6.07, 6.45) is 4.35. The van der Waals surface area contributed by atoms with E-state index in [-0.39, 0.29) is 0 Å². The minimum atomic E-state index is 0.758. The molecule has 0 unspecified atom stereocenters. The maximum absolute atomic E-state index is 6.12. The van der Waals surface area contributed by atoms with Gasteiger partial charge >= 0.3 is 0 Å². The third-order valence-corrected chi connectivity index (χ3v) is 2.53. The van der Waals surface area contributed by atoms with Gasteiger partial charge in [0.2, 0.25) is 0 Å². The van der Waals surface area contributed by atoms with Gasteiger partial charge in [-0.1, -0.05) is 18.2 Å². The van der Waals surface area contributed by atoms with Crippen LogP contribution >= 0.6 is 11.8 Å². The van der Waals surface area contributed by atoms with Crippen LogP contribution in [0, 0.1) is 0 Å². The second-order valence-electron chi connectivity index (χ2n) is 3.25. The van der Waals surface area contributed by atoms with Gasteiger partial charge in [-0.25, -0.2) is 4.98 Å². The highest BCUT2D eigenvalue weighted by Crippen LogP contribution is 2.15. The second-order valence-corrected chi connectivity index (χ2v) is 3.66. The number of nitrogens with one attached hydrogen (secondary N) is 1. The minimum Gasteiger partial charge on any atom is -0.348 e. The van der Waals surface area contributed by atoms with Crippen LogP contribution in [0.25, 0.3) is 0 Å². The minimum absolute atomic E-state index is 0.758. The number of H-pyrrole nitrogens is 1. The van der Waals surface area contributed by atoms with Gasteiger partial charge in [-0.3, -0.25) is 4.42 Å². The number of rotatable bonds is 4. The first-order chi connectivity index (χ1) is 7.36. The Labute approximate surface area is 93.8 Å². The lowest BCUT2D eigenvalue weighted by molar-refractivity contribution is 0.927. The molecule has 78 valence electrons. The van der Waals surface area contributed by atoms with Crippen LogP contribution < -0.4 is 4.42 Å². The van der Waals surface area contributed by atoms with Crippen molar-refractivity contribution in [3.05, 3.63) is 48.5 Å². The highest BCUT2D eigenvalue weighted by atomic mass is 35.5. The Kier molecular flexibility index (Phi) is 3.25. The van der Waals surface area contributed by atoms with E-state index in [4.69, 9.17) is 11.8 Å². The van der Waals surface area contributed by atoms with E-state index in [0.29, 0.717) is 0 Å². The van der Waals surface area contributed by atoms with Crippen LogP contribution in [0.4, 0.5) is 5.69 Å². The van der Waals surface area contributed by atoms with Crippen LogP contribution in [-0.4, -0.2) is 16.5 Å². The Morgan fingerprint density at radius 2 is 2.07 bits per heavy atom. The van der Waals surface area contributed by atoms with E-state index in [1.165, 1.54) is 0 Å². The molecule has 0 fully saturated rings. The van der Waals surface area contributed by atoms with E-state index in [2.05, 4.69) is 9.97 Å². The van der Waals surface area contributed by atoms with Gasteiger partial charge in [-0.15, -0.1) is 0 Å². The summed E-state index contributed by atoms with van der Waals surface area (Å²) in [6.45, 7) is 0.758. The Hall–Kier alpha value is -1.48. The number of hydrogen-bond acceptors (Lipinski definition) is 2. The molecule has 0 atom stereocenters. The second kappa shape index (κ2) is 4.84. The molecular weight excluding hydrogens is 210 g/mol. The number of aromatic amines is 1. The van der Waals surface area contributed by atoms with Gasteiger partial charge in [0.05, 0.1) is 12.0 Å². The molecule has 1 aromatic heterocycles. The number of nitrogens with zero attached hydrogens (tertiary/aromatic N) is 2. The first-order valence-electron chi connectivity index (χ1n) is 4.82. The number of benzene rings is 1. The SMILES string of the molecule is ClN(CCc1cnc[nH]1)c1ccccc1. The maximum Gasteiger partial charge on any atom is 0.0921 e. The van der Waals surface area contributed by atoms with Crippen LogP contribution in [0.5, 0.6) is 0 Å². The van der Waals surface area contributed by atoms with E-state index in [1.54, 1.807) is 10.7 Å². The lowest BCUT2D eigenvalue weighted by Crippen LogP contribution is -2.14. The van der Waals surface area contributed by atoms with Crippen molar-refractivity contribution >= 4 is 17.5 Å². The number of para-hydroxylation sites is 1. The molecule has 0 saturated carbocycles. The highest BCUT2D eigenvalue weighted by Gasteiger charge is 2.02. The summed E-state index contributed by atoms with van der Waals surface area (Å²) in [7, 11) is 0. The predicted octanol–water partition coefficient (Wildman–Crippen LogP) is 2.61. The van der Waals surface area contributed by atoms with Gasteiger partial charge in [-0.2, -0.15) is 0 Å². The molecule has 0 spiro atoms. The number of halogens is 1. The van der Waals surface area contributed by atoms with E-state index in [1.807, 2.05) is 36.5 Å². The molecule has 2 aromatic rings. The van der Waals surface area contributed by atoms with Gasteiger partial charge in [0.25, 0.3) is 0 Å². The zero-order chi connectivity index (χ0) is 10.5. The molecule has 0 bridgehead atoms. The van der Waals surface area contributed by atoms with Crippen LogP contribution in [-0.2, 0) is 6.42 Å².